The van der Waals surface area contributed by atoms with Gasteiger partial charge in [0.1, 0.15) is 23.3 Å². The quantitative estimate of drug-likeness (QED) is 0.697. The molecular weight excluding hydrogens is 292 g/mol. The molecule has 0 unspecified atom stereocenters. The Morgan fingerprint density at radius 2 is 1.61 bits per heavy atom. The number of aryl methyl sites for hydroxylation is 2. The smallest absolute Gasteiger partial charge is 0.144 e. The Morgan fingerprint density at radius 1 is 1.00 bits per heavy atom. The zero-order valence-electron chi connectivity index (χ0n) is 13.2. The lowest BCUT2D eigenvalue weighted by Crippen LogP contribution is -1.97. The molecule has 2 rings (SSSR count). The Morgan fingerprint density at radius 3 is 2.17 bits per heavy atom. The summed E-state index contributed by atoms with van der Waals surface area (Å²) in [5.74, 6) is -1.59. The van der Waals surface area contributed by atoms with E-state index >= 15 is 0 Å². The molecule has 0 aromatic heterocycles. The Labute approximate surface area is 135 Å². The van der Waals surface area contributed by atoms with Crippen LogP contribution in [0.5, 0.6) is 0 Å². The second kappa shape index (κ2) is 8.24. The molecule has 23 heavy (non-hydrogen) atoms. The number of hydrogen-bond donors (Lipinski definition) is 0. The van der Waals surface area contributed by atoms with Crippen molar-refractivity contribution >= 4 is 6.08 Å². The largest absolute Gasteiger partial charge is 0.205 e. The minimum absolute atomic E-state index is 0.517. The van der Waals surface area contributed by atoms with E-state index in [4.69, 9.17) is 5.26 Å². The number of benzene rings is 2. The molecule has 0 amide bonds. The third kappa shape index (κ3) is 4.75. The van der Waals surface area contributed by atoms with Crippen LogP contribution in [0.15, 0.2) is 42.5 Å². The number of rotatable bonds is 6. The van der Waals surface area contributed by atoms with Crippen molar-refractivity contribution in [2.75, 3.05) is 0 Å². The van der Waals surface area contributed by atoms with Crippen molar-refractivity contribution in [3.63, 3.8) is 0 Å². The highest BCUT2D eigenvalue weighted by atomic mass is 19.1. The van der Waals surface area contributed by atoms with Gasteiger partial charge in [0.25, 0.3) is 0 Å². The molecule has 0 aliphatic heterocycles. The summed E-state index contributed by atoms with van der Waals surface area (Å²) in [6, 6.07) is 12.2. The third-order valence-electron chi connectivity index (χ3n) is 3.66. The molecule has 2 aromatic rings. The van der Waals surface area contributed by atoms with Gasteiger partial charge < -0.3 is 0 Å². The van der Waals surface area contributed by atoms with Crippen molar-refractivity contribution in [2.45, 2.75) is 32.6 Å². The van der Waals surface area contributed by atoms with E-state index in [2.05, 4.69) is 19.1 Å². The highest BCUT2D eigenvalue weighted by Gasteiger charge is 2.10. The third-order valence-corrected chi connectivity index (χ3v) is 3.66. The van der Waals surface area contributed by atoms with Gasteiger partial charge in [0.05, 0.1) is 0 Å². The molecule has 1 nitrogen and oxygen atoms in total. The molecule has 3 heteroatoms. The van der Waals surface area contributed by atoms with Gasteiger partial charge in [0.15, 0.2) is 0 Å². The lowest BCUT2D eigenvalue weighted by Gasteiger charge is -2.05. The van der Waals surface area contributed by atoms with Crippen LogP contribution in [0.4, 0.5) is 8.78 Å². The second-order valence-corrected chi connectivity index (χ2v) is 5.48. The van der Waals surface area contributed by atoms with Gasteiger partial charge in [-0.25, -0.2) is 8.78 Å². The van der Waals surface area contributed by atoms with Crippen molar-refractivity contribution in [3.05, 3.63) is 76.4 Å². The summed E-state index contributed by atoms with van der Waals surface area (Å²) in [4.78, 5) is 0. The molecule has 0 bridgehead atoms. The maximum atomic E-state index is 13.6. The summed E-state index contributed by atoms with van der Waals surface area (Å²) < 4.78 is 27.1. The zero-order valence-corrected chi connectivity index (χ0v) is 13.2. The minimum atomic E-state index is -0.793. The van der Waals surface area contributed by atoms with Gasteiger partial charge in [-0.1, -0.05) is 49.8 Å². The summed E-state index contributed by atoms with van der Waals surface area (Å²) in [5, 5.41) is 8.67. The molecule has 118 valence electrons. The summed E-state index contributed by atoms with van der Waals surface area (Å²) in [7, 11) is 0. The monoisotopic (exact) mass is 311 g/mol. The fourth-order valence-electron chi connectivity index (χ4n) is 2.35. The zero-order chi connectivity index (χ0) is 16.7. The minimum Gasteiger partial charge on any atom is -0.205 e. The van der Waals surface area contributed by atoms with Crippen molar-refractivity contribution in [3.8, 4) is 6.07 Å². The van der Waals surface area contributed by atoms with Crippen LogP contribution >= 0.6 is 0 Å². The number of hydrogen-bond acceptors (Lipinski definition) is 1. The number of nitrogens with zero attached hydrogens (tertiary/aromatic N) is 1. The number of nitriles is 1. The highest BCUT2D eigenvalue weighted by Crippen LogP contribution is 2.17. The Bertz CT molecular complexity index is 701. The molecule has 0 aliphatic rings. The van der Waals surface area contributed by atoms with Crippen LogP contribution < -0.4 is 0 Å². The van der Waals surface area contributed by atoms with Crippen molar-refractivity contribution in [2.24, 2.45) is 0 Å². The number of halogens is 2. The van der Waals surface area contributed by atoms with Gasteiger partial charge >= 0.3 is 0 Å². The average Bonchev–Trinajstić information content (AvgIpc) is 2.54. The first-order chi connectivity index (χ1) is 11.1. The predicted octanol–water partition coefficient (Wildman–Crippen LogP) is 5.43. The van der Waals surface area contributed by atoms with E-state index in [9.17, 15) is 8.78 Å². The number of allylic oxidation sites excluding steroid dienone is 1. The molecule has 0 atom stereocenters. The van der Waals surface area contributed by atoms with E-state index in [1.165, 1.54) is 18.2 Å². The van der Waals surface area contributed by atoms with E-state index in [0.717, 1.165) is 24.0 Å². The second-order valence-electron chi connectivity index (χ2n) is 5.48. The normalized spacial score (nSPS) is 10.9. The number of unbranched alkanes of at least 4 members (excludes halogenated alkanes) is 1. The molecule has 0 saturated heterocycles. The van der Waals surface area contributed by atoms with Crippen molar-refractivity contribution < 1.29 is 8.78 Å². The first-order valence-electron chi connectivity index (χ1n) is 7.77. The SMILES string of the molecule is CCCC=Cc1ccc(CCc2cc(F)c(C#N)c(F)c2)cc1. The highest BCUT2D eigenvalue weighted by molar-refractivity contribution is 5.49. The van der Waals surface area contributed by atoms with Crippen molar-refractivity contribution in [1.82, 2.24) is 0 Å². The van der Waals surface area contributed by atoms with E-state index in [1.807, 2.05) is 24.3 Å². The molecule has 2 aromatic carbocycles. The molecule has 0 heterocycles. The van der Waals surface area contributed by atoms with E-state index in [-0.39, 0.29) is 0 Å². The lowest BCUT2D eigenvalue weighted by molar-refractivity contribution is 0.573. The van der Waals surface area contributed by atoms with Crippen LogP contribution in [-0.2, 0) is 12.8 Å². The standard InChI is InChI=1S/C20H19F2N/c1-2-3-4-5-15-6-8-16(9-7-15)10-11-17-12-19(21)18(14-23)20(22)13-17/h4-9,12-13H,2-3,10-11H2,1H3. The summed E-state index contributed by atoms with van der Waals surface area (Å²) >= 11 is 0. The van der Waals surface area contributed by atoms with E-state index in [1.54, 1.807) is 0 Å². The fourth-order valence-corrected chi connectivity index (χ4v) is 2.35. The molecule has 0 N–H and O–H groups in total. The molecule has 0 fully saturated rings. The lowest BCUT2D eigenvalue weighted by atomic mass is 10.0. The molecule has 0 aliphatic carbocycles. The van der Waals surface area contributed by atoms with Gasteiger partial charge in [-0.2, -0.15) is 5.26 Å². The molecule has 0 spiro atoms. The maximum Gasteiger partial charge on any atom is 0.144 e. The fraction of sp³-hybridized carbons (Fsp3) is 0.250. The van der Waals surface area contributed by atoms with Gasteiger partial charge in [-0.15, -0.1) is 0 Å². The Balaban J connectivity index is 2.00. The summed E-state index contributed by atoms with van der Waals surface area (Å²) in [5.41, 5.74) is 2.31. The van der Waals surface area contributed by atoms with Crippen LogP contribution in [0.25, 0.3) is 6.08 Å². The van der Waals surface area contributed by atoms with Crippen LogP contribution in [-0.4, -0.2) is 0 Å². The maximum absolute atomic E-state index is 13.6. The van der Waals surface area contributed by atoms with E-state index in [0.29, 0.717) is 18.4 Å². The summed E-state index contributed by atoms with van der Waals surface area (Å²) in [6.45, 7) is 2.14. The Hall–Kier alpha value is -2.47. The van der Waals surface area contributed by atoms with E-state index < -0.39 is 17.2 Å². The van der Waals surface area contributed by atoms with Gasteiger partial charge in [0.2, 0.25) is 0 Å². The average molecular weight is 311 g/mol. The van der Waals surface area contributed by atoms with Gasteiger partial charge in [-0.05, 0) is 48.1 Å². The molecule has 0 saturated carbocycles. The predicted molar refractivity (Wildman–Crippen MR) is 88.9 cm³/mol. The van der Waals surface area contributed by atoms with Crippen molar-refractivity contribution in [1.29, 1.82) is 5.26 Å². The Kier molecular flexibility index (Phi) is 6.05. The topological polar surface area (TPSA) is 23.8 Å². The molecular formula is C20H19F2N. The van der Waals surface area contributed by atoms with Gasteiger partial charge in [0, 0.05) is 0 Å². The summed E-state index contributed by atoms with van der Waals surface area (Å²) in [6.07, 6.45) is 7.67. The van der Waals surface area contributed by atoms with Crippen LogP contribution in [0.1, 0.15) is 42.0 Å². The molecule has 0 radical (unpaired) electrons. The van der Waals surface area contributed by atoms with Crippen LogP contribution in [0.3, 0.4) is 0 Å². The van der Waals surface area contributed by atoms with Crippen LogP contribution in [0.2, 0.25) is 0 Å². The van der Waals surface area contributed by atoms with Crippen LogP contribution in [0, 0.1) is 23.0 Å². The first-order valence-corrected chi connectivity index (χ1v) is 7.77. The van der Waals surface area contributed by atoms with Gasteiger partial charge in [-0.3, -0.25) is 0 Å². The first kappa shape index (κ1) is 16.9.